The van der Waals surface area contributed by atoms with E-state index in [-0.39, 0.29) is 12.6 Å². The van der Waals surface area contributed by atoms with Gasteiger partial charge in [0.25, 0.3) is 6.29 Å². The van der Waals surface area contributed by atoms with Crippen molar-refractivity contribution in [2.45, 2.75) is 72.8 Å². The minimum atomic E-state index is -2.78. The molecule has 2 aromatic heterocycles. The highest BCUT2D eigenvalue weighted by Crippen LogP contribution is 2.42. The Morgan fingerprint density at radius 3 is 2.42 bits per heavy atom. The van der Waals surface area contributed by atoms with Crippen molar-refractivity contribution < 1.29 is 37.4 Å². The number of imidazole rings is 1. The predicted molar refractivity (Wildman–Crippen MR) is 127 cm³/mol. The summed E-state index contributed by atoms with van der Waals surface area (Å²) in [5.74, 6) is -0.967. The van der Waals surface area contributed by atoms with E-state index in [9.17, 15) is 14.2 Å². The molecule has 0 saturated heterocycles. The highest BCUT2D eigenvalue weighted by atomic mass is 31.1. The second-order valence-electron chi connectivity index (χ2n) is 10.6. The molecule has 1 saturated carbocycles. The van der Waals surface area contributed by atoms with E-state index in [2.05, 4.69) is 15.0 Å². The van der Waals surface area contributed by atoms with Gasteiger partial charge in [-0.25, -0.2) is 9.97 Å². The Morgan fingerprint density at radius 2 is 1.81 bits per heavy atom. The molecule has 0 radical (unpaired) electrons. The normalized spacial score (nSPS) is 16.4. The molecule has 2 atom stereocenters. The number of hydrogen-bond donors (Lipinski definition) is 1. The second kappa shape index (κ2) is 10.7. The molecule has 198 valence electrons. The molecule has 1 fully saturated rings. The number of hydrogen-bond acceptors (Lipinski definition) is 12. The van der Waals surface area contributed by atoms with E-state index >= 15 is 0 Å². The van der Waals surface area contributed by atoms with Gasteiger partial charge in [-0.05, 0) is 54.4 Å². The maximum Gasteiger partial charge on any atom is 0.704 e. The zero-order valence-electron chi connectivity index (χ0n) is 21.3. The van der Waals surface area contributed by atoms with Crippen molar-refractivity contribution in [1.29, 1.82) is 0 Å². The van der Waals surface area contributed by atoms with Gasteiger partial charge < -0.3 is 24.5 Å². The molecule has 36 heavy (non-hydrogen) atoms. The lowest BCUT2D eigenvalue weighted by Gasteiger charge is -2.22. The van der Waals surface area contributed by atoms with Crippen molar-refractivity contribution in [3.8, 4) is 0 Å². The number of carbonyl (C=O) groups is 2. The number of nitrogens with two attached hydrogens (primary N) is 1. The van der Waals surface area contributed by atoms with Crippen molar-refractivity contribution in [2.24, 2.45) is 10.8 Å². The number of nitrogen functional groups attached to an aromatic ring is 1. The van der Waals surface area contributed by atoms with Crippen LogP contribution in [0.1, 0.15) is 54.4 Å². The Kier molecular flexibility index (Phi) is 8.29. The van der Waals surface area contributed by atoms with Crippen LogP contribution < -0.4 is 5.73 Å². The van der Waals surface area contributed by atoms with Gasteiger partial charge in [-0.15, -0.1) is 0 Å². The predicted octanol–water partition coefficient (Wildman–Crippen LogP) is 3.11. The molecule has 13 nitrogen and oxygen atoms in total. The topological polar surface area (TPSA) is 167 Å². The van der Waals surface area contributed by atoms with Crippen LogP contribution in [0.15, 0.2) is 12.5 Å². The molecule has 1 aliphatic carbocycles. The lowest BCUT2D eigenvalue weighted by molar-refractivity contribution is -0.186. The smallest absolute Gasteiger partial charge is 0.433 e. The SMILES string of the molecule is CC(C)(C)C(=O)OCO[P+](=O)OC(COC1(Cn2cnc3cnc(N)nc32)CC1)OC(=O)C(C)(C)C. The zero-order chi connectivity index (χ0) is 26.7. The number of rotatable bonds is 11. The number of ether oxygens (including phenoxy) is 3. The Balaban J connectivity index is 1.60. The monoisotopic (exact) mass is 526 g/mol. The standard InChI is InChI=1S/C22H33N5O8P/c1-20(2,3)17(28)31-13-33-36(30)35-15(34-18(29)21(4,5)6)10-32-22(7-8-22)11-27-12-25-14-9-24-19(23)26-16(14)27/h9,12,15H,7-8,10-11,13H2,1-6H3,(H2,23,24,26)/q+1. The Bertz CT molecular complexity index is 1120. The minimum Gasteiger partial charge on any atom is -0.433 e. The summed E-state index contributed by atoms with van der Waals surface area (Å²) in [7, 11) is -2.78. The second-order valence-corrected chi connectivity index (χ2v) is 11.6. The summed E-state index contributed by atoms with van der Waals surface area (Å²) in [6, 6.07) is 0. The number of fused-ring (bicyclic) bond motifs is 1. The number of aromatic nitrogens is 4. The van der Waals surface area contributed by atoms with E-state index in [0.29, 0.717) is 17.7 Å². The van der Waals surface area contributed by atoms with Gasteiger partial charge >= 0.3 is 20.2 Å². The molecule has 1 aliphatic rings. The van der Waals surface area contributed by atoms with Crippen molar-refractivity contribution in [3.05, 3.63) is 12.5 Å². The van der Waals surface area contributed by atoms with Gasteiger partial charge in [0.2, 0.25) is 12.7 Å². The molecule has 3 rings (SSSR count). The fourth-order valence-electron chi connectivity index (χ4n) is 2.88. The average Bonchev–Trinajstić information content (AvgIpc) is 3.43. The lowest BCUT2D eigenvalue weighted by Crippen LogP contribution is -2.34. The van der Waals surface area contributed by atoms with Crippen LogP contribution in [0.4, 0.5) is 5.95 Å². The Labute approximate surface area is 209 Å². The van der Waals surface area contributed by atoms with E-state index in [4.69, 9.17) is 29.0 Å². The van der Waals surface area contributed by atoms with Crippen molar-refractivity contribution in [2.75, 3.05) is 19.1 Å². The third-order valence-electron chi connectivity index (χ3n) is 5.18. The van der Waals surface area contributed by atoms with E-state index in [0.717, 1.165) is 12.8 Å². The van der Waals surface area contributed by atoms with E-state index in [1.165, 1.54) is 0 Å². The summed E-state index contributed by atoms with van der Waals surface area (Å²) < 4.78 is 40.8. The molecule has 0 bridgehead atoms. The first-order chi connectivity index (χ1) is 16.7. The zero-order valence-corrected chi connectivity index (χ0v) is 22.2. The van der Waals surface area contributed by atoms with Gasteiger partial charge in [-0.3, -0.25) is 9.59 Å². The van der Waals surface area contributed by atoms with Gasteiger partial charge in [0.15, 0.2) is 5.65 Å². The highest BCUT2D eigenvalue weighted by Gasteiger charge is 2.46. The summed E-state index contributed by atoms with van der Waals surface area (Å²) in [4.78, 5) is 36.7. The molecule has 2 aromatic rings. The third-order valence-corrected chi connectivity index (χ3v) is 5.91. The van der Waals surface area contributed by atoms with E-state index < -0.39 is 49.7 Å². The highest BCUT2D eigenvalue weighted by molar-refractivity contribution is 7.33. The van der Waals surface area contributed by atoms with Crippen LogP contribution >= 0.6 is 8.25 Å². The van der Waals surface area contributed by atoms with Crippen LogP contribution in [0.2, 0.25) is 0 Å². The largest absolute Gasteiger partial charge is 0.704 e. The summed E-state index contributed by atoms with van der Waals surface area (Å²) in [5, 5.41) is 0. The van der Waals surface area contributed by atoms with Crippen LogP contribution in [0, 0.1) is 10.8 Å². The summed E-state index contributed by atoms with van der Waals surface area (Å²) in [5.41, 5.74) is 4.73. The first-order valence-corrected chi connectivity index (χ1v) is 12.5. The summed E-state index contributed by atoms with van der Waals surface area (Å²) >= 11 is 0. The first kappa shape index (κ1) is 27.9. The lowest BCUT2D eigenvalue weighted by atomic mass is 9.97. The van der Waals surface area contributed by atoms with Gasteiger partial charge in [0.1, 0.15) is 12.1 Å². The fraction of sp³-hybridized carbons (Fsp3) is 0.682. The molecular formula is C22H33N5O8P+. The van der Waals surface area contributed by atoms with Crippen molar-refractivity contribution >= 4 is 37.3 Å². The molecular weight excluding hydrogens is 493 g/mol. The van der Waals surface area contributed by atoms with Gasteiger partial charge in [-0.1, -0.05) is 9.05 Å². The maximum absolute atomic E-state index is 12.4. The van der Waals surface area contributed by atoms with Crippen LogP contribution in [0.25, 0.3) is 11.2 Å². The number of nitrogens with zero attached hydrogens (tertiary/aromatic N) is 4. The first-order valence-electron chi connectivity index (χ1n) is 11.4. The Hall–Kier alpha value is -2.73. The van der Waals surface area contributed by atoms with Crippen LogP contribution in [-0.2, 0) is 44.0 Å². The summed E-state index contributed by atoms with van der Waals surface area (Å²) in [6.45, 7) is 9.70. The maximum atomic E-state index is 12.4. The van der Waals surface area contributed by atoms with Crippen LogP contribution in [-0.4, -0.2) is 56.7 Å². The van der Waals surface area contributed by atoms with Gasteiger partial charge in [0.05, 0.1) is 35.5 Å². The summed E-state index contributed by atoms with van der Waals surface area (Å²) in [6.07, 6.45) is 3.32. The number of carbonyl (C=O) groups excluding carboxylic acids is 2. The van der Waals surface area contributed by atoms with E-state index in [1.54, 1.807) is 54.1 Å². The minimum absolute atomic E-state index is 0.134. The molecule has 0 aromatic carbocycles. The van der Waals surface area contributed by atoms with E-state index in [1.807, 2.05) is 4.57 Å². The average molecular weight is 527 g/mol. The number of esters is 2. The third kappa shape index (κ3) is 7.63. The van der Waals surface area contributed by atoms with Crippen molar-refractivity contribution in [3.63, 3.8) is 0 Å². The Morgan fingerprint density at radius 1 is 1.14 bits per heavy atom. The molecule has 0 aliphatic heterocycles. The van der Waals surface area contributed by atoms with Crippen LogP contribution in [0.3, 0.4) is 0 Å². The molecule has 0 amide bonds. The molecule has 0 spiro atoms. The van der Waals surface area contributed by atoms with Crippen molar-refractivity contribution in [1.82, 2.24) is 19.5 Å². The fourth-order valence-corrected chi connectivity index (χ4v) is 3.37. The molecule has 2 N–H and O–H groups in total. The molecule has 14 heteroatoms. The number of anilines is 1. The van der Waals surface area contributed by atoms with Gasteiger partial charge in [-0.2, -0.15) is 4.98 Å². The van der Waals surface area contributed by atoms with Crippen LogP contribution in [0.5, 0.6) is 0 Å². The molecule has 2 unspecified atom stereocenters. The molecule has 2 heterocycles. The van der Waals surface area contributed by atoms with Gasteiger partial charge in [0, 0.05) is 4.57 Å². The quantitative estimate of drug-likeness (QED) is 0.258.